The lowest BCUT2D eigenvalue weighted by Crippen LogP contribution is -2.20. The van der Waals surface area contributed by atoms with Crippen molar-refractivity contribution < 1.29 is 0 Å². The van der Waals surface area contributed by atoms with E-state index in [1.165, 1.54) is 11.1 Å². The van der Waals surface area contributed by atoms with Gasteiger partial charge in [-0.05, 0) is 42.0 Å². The fraction of sp³-hybridized carbons (Fsp3) is 0.353. The van der Waals surface area contributed by atoms with Gasteiger partial charge in [0.1, 0.15) is 0 Å². The van der Waals surface area contributed by atoms with Crippen LogP contribution < -0.4 is 0 Å². The maximum absolute atomic E-state index is 9.52. The molecule has 1 aliphatic rings. The minimum atomic E-state index is -0.362. The Labute approximate surface area is 114 Å². The molecule has 1 atom stereocenters. The second-order valence-corrected chi connectivity index (χ2v) is 6.33. The van der Waals surface area contributed by atoms with Gasteiger partial charge in [0.25, 0.3) is 0 Å². The van der Waals surface area contributed by atoms with Gasteiger partial charge in [-0.1, -0.05) is 32.0 Å². The second-order valence-electron chi connectivity index (χ2n) is 6.33. The summed E-state index contributed by atoms with van der Waals surface area (Å²) in [6, 6.07) is 12.8. The Morgan fingerprint density at radius 2 is 1.68 bits per heavy atom. The quantitative estimate of drug-likeness (QED) is 0.753. The predicted molar refractivity (Wildman–Crippen MR) is 76.4 cm³/mol. The molecule has 0 aliphatic heterocycles. The number of hydrogen-bond acceptors (Lipinski definition) is 1. The van der Waals surface area contributed by atoms with E-state index >= 15 is 0 Å². The molecule has 1 unspecified atom stereocenters. The maximum atomic E-state index is 9.52. The highest BCUT2D eigenvalue weighted by molar-refractivity contribution is 5.50. The van der Waals surface area contributed by atoms with Crippen molar-refractivity contribution in [2.45, 2.75) is 38.0 Å². The smallest absolute Gasteiger partial charge is 0.0820 e. The summed E-state index contributed by atoms with van der Waals surface area (Å²) in [5, 5.41) is 9.52. The van der Waals surface area contributed by atoms with Crippen molar-refractivity contribution in [2.75, 3.05) is 0 Å². The molecular weight excluding hydrogens is 232 g/mol. The molecule has 2 aromatic rings. The molecule has 0 radical (unpaired) electrons. The van der Waals surface area contributed by atoms with Crippen LogP contribution in [-0.2, 0) is 10.8 Å². The first-order chi connectivity index (χ1) is 8.96. The van der Waals surface area contributed by atoms with E-state index in [1.807, 2.05) is 18.2 Å². The van der Waals surface area contributed by atoms with Gasteiger partial charge in [0, 0.05) is 18.1 Å². The zero-order valence-corrected chi connectivity index (χ0v) is 11.6. The second kappa shape index (κ2) is 3.74. The molecule has 19 heavy (non-hydrogen) atoms. The van der Waals surface area contributed by atoms with Gasteiger partial charge in [0.05, 0.1) is 11.5 Å². The van der Waals surface area contributed by atoms with Gasteiger partial charge in [-0.15, -0.1) is 0 Å². The molecule has 3 rings (SSSR count). The summed E-state index contributed by atoms with van der Waals surface area (Å²) in [7, 11) is 0. The van der Waals surface area contributed by atoms with E-state index < -0.39 is 0 Å². The summed E-state index contributed by atoms with van der Waals surface area (Å²) in [6.07, 6.45) is 5.21. The summed E-state index contributed by atoms with van der Waals surface area (Å²) in [6.45, 7) is 6.50. The zero-order valence-electron chi connectivity index (χ0n) is 11.6. The maximum Gasteiger partial charge on any atom is 0.0820 e. The van der Waals surface area contributed by atoms with E-state index in [9.17, 15) is 5.26 Å². The molecule has 1 aromatic heterocycles. The molecule has 0 amide bonds. The first-order valence-electron chi connectivity index (χ1n) is 6.66. The number of nitrogens with zero attached hydrogens (tertiary/aromatic N) is 2. The largest absolute Gasteiger partial charge is 0.323 e. The Morgan fingerprint density at radius 3 is 2.32 bits per heavy atom. The molecule has 2 nitrogen and oxygen atoms in total. The molecule has 0 fully saturated rings. The highest BCUT2D eigenvalue weighted by Crippen LogP contribution is 2.49. The lowest BCUT2D eigenvalue weighted by Gasteiger charge is -2.22. The Hall–Kier alpha value is -2.01. The molecule has 1 aromatic carbocycles. The Kier molecular flexibility index (Phi) is 2.37. The van der Waals surface area contributed by atoms with E-state index in [-0.39, 0.29) is 10.8 Å². The third kappa shape index (κ3) is 1.69. The SMILES string of the molecule is CC1(C)CC(C)(C#N)c2cn(-c3ccccc3)cc21. The molecule has 1 aliphatic carbocycles. The van der Waals surface area contributed by atoms with E-state index in [4.69, 9.17) is 0 Å². The summed E-state index contributed by atoms with van der Waals surface area (Å²) in [5.74, 6) is 0. The van der Waals surface area contributed by atoms with Gasteiger partial charge in [0.2, 0.25) is 0 Å². The van der Waals surface area contributed by atoms with Crippen LogP contribution in [0.2, 0.25) is 0 Å². The lowest BCUT2D eigenvalue weighted by atomic mass is 9.81. The van der Waals surface area contributed by atoms with Crippen molar-refractivity contribution >= 4 is 0 Å². The van der Waals surface area contributed by atoms with Gasteiger partial charge in [-0.25, -0.2) is 0 Å². The summed E-state index contributed by atoms with van der Waals surface area (Å²) >= 11 is 0. The standard InChI is InChI=1S/C17H18N2/c1-16(2)11-17(3,12-18)15-10-19(9-14(15)16)13-7-5-4-6-8-13/h4-10H,11H2,1-3H3. The number of hydrogen-bond donors (Lipinski definition) is 0. The molecule has 0 N–H and O–H groups in total. The van der Waals surface area contributed by atoms with E-state index in [2.05, 4.69) is 55.9 Å². The zero-order chi connectivity index (χ0) is 13.7. The molecule has 0 saturated heterocycles. The van der Waals surface area contributed by atoms with Gasteiger partial charge in [0.15, 0.2) is 0 Å². The monoisotopic (exact) mass is 250 g/mol. The highest BCUT2D eigenvalue weighted by Gasteiger charge is 2.46. The number of fused-ring (bicyclic) bond motifs is 1. The van der Waals surface area contributed by atoms with Crippen molar-refractivity contribution in [3.63, 3.8) is 0 Å². The van der Waals surface area contributed by atoms with Crippen molar-refractivity contribution in [2.24, 2.45) is 0 Å². The first-order valence-corrected chi connectivity index (χ1v) is 6.66. The highest BCUT2D eigenvalue weighted by atomic mass is 15.0. The summed E-state index contributed by atoms with van der Waals surface area (Å²) in [5.41, 5.74) is 3.34. The fourth-order valence-corrected chi connectivity index (χ4v) is 3.36. The van der Waals surface area contributed by atoms with Gasteiger partial charge in [-0.2, -0.15) is 5.26 Å². The van der Waals surface area contributed by atoms with Crippen molar-refractivity contribution in [3.05, 3.63) is 53.9 Å². The number of rotatable bonds is 1. The van der Waals surface area contributed by atoms with Crippen LogP contribution in [0.5, 0.6) is 0 Å². The van der Waals surface area contributed by atoms with Crippen LogP contribution in [0, 0.1) is 11.3 Å². The number of aromatic nitrogens is 1. The number of benzene rings is 1. The number of nitriles is 1. The molecule has 0 saturated carbocycles. The van der Waals surface area contributed by atoms with Crippen molar-refractivity contribution in [1.29, 1.82) is 5.26 Å². The average molecular weight is 250 g/mol. The molecule has 96 valence electrons. The topological polar surface area (TPSA) is 28.7 Å². The average Bonchev–Trinajstić information content (AvgIpc) is 2.92. The molecular formula is C17H18N2. The van der Waals surface area contributed by atoms with Crippen LogP contribution in [-0.4, -0.2) is 4.57 Å². The minimum absolute atomic E-state index is 0.0693. The van der Waals surface area contributed by atoms with Crippen LogP contribution in [0.3, 0.4) is 0 Å². The molecule has 1 heterocycles. The van der Waals surface area contributed by atoms with E-state index in [0.29, 0.717) is 0 Å². The van der Waals surface area contributed by atoms with E-state index in [0.717, 1.165) is 12.1 Å². The van der Waals surface area contributed by atoms with Crippen molar-refractivity contribution in [3.8, 4) is 11.8 Å². The third-order valence-electron chi connectivity index (χ3n) is 4.25. The van der Waals surface area contributed by atoms with E-state index in [1.54, 1.807) is 0 Å². The first kappa shape index (κ1) is 12.0. The van der Waals surface area contributed by atoms with Gasteiger partial charge < -0.3 is 4.57 Å². The van der Waals surface area contributed by atoms with Crippen LogP contribution in [0.15, 0.2) is 42.7 Å². The van der Waals surface area contributed by atoms with Crippen molar-refractivity contribution in [1.82, 2.24) is 4.57 Å². The fourth-order valence-electron chi connectivity index (χ4n) is 3.36. The van der Waals surface area contributed by atoms with Crippen LogP contribution in [0.4, 0.5) is 0 Å². The lowest BCUT2D eigenvalue weighted by molar-refractivity contribution is 0.437. The normalized spacial score (nSPS) is 23.9. The van der Waals surface area contributed by atoms with Gasteiger partial charge >= 0.3 is 0 Å². The molecule has 0 spiro atoms. The molecule has 2 heteroatoms. The Bertz CT molecular complexity index is 658. The predicted octanol–water partition coefficient (Wildman–Crippen LogP) is 3.94. The van der Waals surface area contributed by atoms with Gasteiger partial charge in [-0.3, -0.25) is 0 Å². The van der Waals surface area contributed by atoms with Crippen LogP contribution in [0.1, 0.15) is 38.3 Å². The molecule has 0 bridgehead atoms. The summed E-state index contributed by atoms with van der Waals surface area (Å²) < 4.78 is 2.14. The third-order valence-corrected chi connectivity index (χ3v) is 4.25. The summed E-state index contributed by atoms with van der Waals surface area (Å²) in [4.78, 5) is 0. The van der Waals surface area contributed by atoms with Crippen LogP contribution >= 0.6 is 0 Å². The Balaban J connectivity index is 2.17. The number of para-hydroxylation sites is 1. The van der Waals surface area contributed by atoms with Crippen LogP contribution in [0.25, 0.3) is 5.69 Å². The minimum Gasteiger partial charge on any atom is -0.323 e. The Morgan fingerprint density at radius 1 is 1.05 bits per heavy atom.